The van der Waals surface area contributed by atoms with Crippen LogP contribution in [0.3, 0.4) is 0 Å². The van der Waals surface area contributed by atoms with Gasteiger partial charge in [0.25, 0.3) is 10.0 Å². The van der Waals surface area contributed by atoms with Crippen molar-refractivity contribution in [2.75, 3.05) is 17.9 Å². The summed E-state index contributed by atoms with van der Waals surface area (Å²) in [5, 5.41) is 3.00. The smallest absolute Gasteiger partial charge is 0.264 e. The molecule has 2 amide bonds. The number of anilines is 1. The van der Waals surface area contributed by atoms with Crippen molar-refractivity contribution >= 4 is 39.1 Å². The summed E-state index contributed by atoms with van der Waals surface area (Å²) in [6.45, 7) is 1.44. The van der Waals surface area contributed by atoms with Gasteiger partial charge in [0.2, 0.25) is 11.8 Å². The van der Waals surface area contributed by atoms with Gasteiger partial charge in [-0.15, -0.1) is 0 Å². The lowest BCUT2D eigenvalue weighted by molar-refractivity contribution is -0.139. The Kier molecular flexibility index (Phi) is 9.81. The highest BCUT2D eigenvalue weighted by atomic mass is 35.5. The second-order valence-corrected chi connectivity index (χ2v) is 11.9. The van der Waals surface area contributed by atoms with E-state index in [4.69, 9.17) is 11.6 Å². The van der Waals surface area contributed by atoms with Crippen LogP contribution in [0.5, 0.6) is 0 Å². The predicted octanol–water partition coefficient (Wildman–Crippen LogP) is 5.23. The van der Waals surface area contributed by atoms with E-state index in [9.17, 15) is 18.0 Å². The van der Waals surface area contributed by atoms with E-state index in [2.05, 4.69) is 5.32 Å². The van der Waals surface area contributed by atoms with Crippen LogP contribution in [-0.2, 0) is 32.6 Å². The number of nitrogens with zero attached hydrogens (tertiary/aromatic N) is 2. The van der Waals surface area contributed by atoms with Crippen molar-refractivity contribution < 1.29 is 18.0 Å². The molecule has 1 unspecified atom stereocenters. The summed E-state index contributed by atoms with van der Waals surface area (Å²) in [6, 6.07) is 30.6. The van der Waals surface area contributed by atoms with Gasteiger partial charge >= 0.3 is 0 Å². The number of benzene rings is 4. The number of nitrogens with one attached hydrogen (secondary N) is 1. The maximum atomic E-state index is 14.2. The van der Waals surface area contributed by atoms with Gasteiger partial charge in [0, 0.05) is 25.0 Å². The topological polar surface area (TPSA) is 86.8 Å². The molecule has 4 aromatic carbocycles. The van der Waals surface area contributed by atoms with Crippen LogP contribution in [0, 0.1) is 6.92 Å². The number of carbonyl (C=O) groups is 2. The van der Waals surface area contributed by atoms with Gasteiger partial charge in [-0.25, -0.2) is 8.42 Å². The molecule has 1 N–H and O–H groups in total. The summed E-state index contributed by atoms with van der Waals surface area (Å²) in [6.07, 6.45) is 0.251. The molecule has 0 radical (unpaired) electrons. The summed E-state index contributed by atoms with van der Waals surface area (Å²) in [5.74, 6) is -0.886. The molecule has 212 valence electrons. The highest BCUT2D eigenvalue weighted by Gasteiger charge is 2.34. The number of aryl methyl sites for hydroxylation is 1. The van der Waals surface area contributed by atoms with Crippen molar-refractivity contribution in [2.45, 2.75) is 30.8 Å². The van der Waals surface area contributed by atoms with Crippen molar-refractivity contribution in [2.24, 2.45) is 0 Å². The van der Waals surface area contributed by atoms with Crippen molar-refractivity contribution in [3.8, 4) is 0 Å². The van der Waals surface area contributed by atoms with Crippen LogP contribution in [0.4, 0.5) is 5.69 Å². The standard InChI is InChI=1S/C32H32ClN3O4S/c1-24-16-18-29(19-17-24)41(39,40)36(28-15-9-14-27(33)21-28)23-31(37)35(22-26-12-7-4-8-13-26)30(32(38)34-2)20-25-10-5-3-6-11-25/h3-19,21,30H,20,22-23H2,1-2H3,(H,34,38). The van der Waals surface area contributed by atoms with Crippen LogP contribution in [-0.4, -0.2) is 44.8 Å². The van der Waals surface area contributed by atoms with Crippen LogP contribution >= 0.6 is 11.6 Å². The molecule has 1 atom stereocenters. The Hall–Kier alpha value is -4.14. The van der Waals surface area contributed by atoms with E-state index in [1.54, 1.807) is 30.3 Å². The molecule has 0 saturated carbocycles. The minimum atomic E-state index is -4.17. The van der Waals surface area contributed by atoms with Gasteiger partial charge in [0.1, 0.15) is 12.6 Å². The number of hydrogen-bond donors (Lipinski definition) is 1. The first kappa shape index (κ1) is 29.8. The number of halogens is 1. The van der Waals surface area contributed by atoms with Gasteiger partial charge in [-0.2, -0.15) is 0 Å². The van der Waals surface area contributed by atoms with Crippen molar-refractivity contribution in [1.82, 2.24) is 10.2 Å². The Labute approximate surface area is 246 Å². The monoisotopic (exact) mass is 589 g/mol. The highest BCUT2D eigenvalue weighted by Crippen LogP contribution is 2.27. The number of likely N-dealkylation sites (N-methyl/N-ethyl adjacent to an activating group) is 1. The molecule has 41 heavy (non-hydrogen) atoms. The van der Waals surface area contributed by atoms with Crippen LogP contribution in [0.1, 0.15) is 16.7 Å². The van der Waals surface area contributed by atoms with Gasteiger partial charge in [-0.05, 0) is 48.4 Å². The Morgan fingerprint density at radius 1 is 0.829 bits per heavy atom. The van der Waals surface area contributed by atoms with Gasteiger partial charge in [-0.3, -0.25) is 13.9 Å². The normalized spacial score (nSPS) is 11.9. The second kappa shape index (κ2) is 13.5. The number of carbonyl (C=O) groups excluding carboxylic acids is 2. The number of amides is 2. The summed E-state index contributed by atoms with van der Waals surface area (Å²) in [7, 11) is -2.65. The van der Waals surface area contributed by atoms with Crippen molar-refractivity contribution in [3.05, 3.63) is 131 Å². The third-order valence-corrected chi connectivity index (χ3v) is 8.72. The van der Waals surface area contributed by atoms with E-state index in [1.807, 2.05) is 67.6 Å². The molecule has 7 nitrogen and oxygen atoms in total. The SMILES string of the molecule is CNC(=O)C(Cc1ccccc1)N(Cc1ccccc1)C(=O)CN(c1cccc(Cl)c1)S(=O)(=O)c1ccc(C)cc1. The van der Waals surface area contributed by atoms with Crippen LogP contribution in [0.2, 0.25) is 5.02 Å². The van der Waals surface area contributed by atoms with Gasteiger partial charge in [0.15, 0.2) is 0 Å². The van der Waals surface area contributed by atoms with Crippen LogP contribution in [0.15, 0.2) is 114 Å². The Morgan fingerprint density at radius 2 is 1.44 bits per heavy atom. The number of sulfonamides is 1. The maximum absolute atomic E-state index is 14.2. The molecule has 0 heterocycles. The zero-order valence-corrected chi connectivity index (χ0v) is 24.5. The first-order valence-electron chi connectivity index (χ1n) is 13.1. The Balaban J connectivity index is 1.77. The molecule has 0 aliphatic carbocycles. The molecule has 4 rings (SSSR count). The largest absolute Gasteiger partial charge is 0.357 e. The predicted molar refractivity (Wildman–Crippen MR) is 162 cm³/mol. The zero-order valence-electron chi connectivity index (χ0n) is 22.9. The average Bonchev–Trinajstić information content (AvgIpc) is 2.98. The summed E-state index contributed by atoms with van der Waals surface area (Å²) < 4.78 is 29.0. The van der Waals surface area contributed by atoms with E-state index in [0.717, 1.165) is 21.0 Å². The summed E-state index contributed by atoms with van der Waals surface area (Å²) >= 11 is 6.24. The van der Waals surface area contributed by atoms with E-state index < -0.39 is 28.5 Å². The second-order valence-electron chi connectivity index (χ2n) is 9.63. The van der Waals surface area contributed by atoms with Crippen LogP contribution in [0.25, 0.3) is 0 Å². The fraction of sp³-hybridized carbons (Fsp3) is 0.188. The third-order valence-electron chi connectivity index (χ3n) is 6.70. The summed E-state index contributed by atoms with van der Waals surface area (Å²) in [4.78, 5) is 28.9. The van der Waals surface area contributed by atoms with E-state index in [0.29, 0.717) is 5.02 Å². The molecular weight excluding hydrogens is 558 g/mol. The molecule has 0 saturated heterocycles. The lowest BCUT2D eigenvalue weighted by Gasteiger charge is -2.33. The first-order chi connectivity index (χ1) is 19.7. The minimum Gasteiger partial charge on any atom is -0.357 e. The van der Waals surface area contributed by atoms with Gasteiger partial charge in [-0.1, -0.05) is 96.0 Å². The minimum absolute atomic E-state index is 0.0395. The van der Waals surface area contributed by atoms with Gasteiger partial charge < -0.3 is 10.2 Å². The lowest BCUT2D eigenvalue weighted by Crippen LogP contribution is -2.53. The molecule has 4 aromatic rings. The Morgan fingerprint density at radius 3 is 2.02 bits per heavy atom. The van der Waals surface area contributed by atoms with Crippen LogP contribution < -0.4 is 9.62 Å². The lowest BCUT2D eigenvalue weighted by atomic mass is 10.0. The fourth-order valence-corrected chi connectivity index (χ4v) is 6.09. The van der Waals surface area contributed by atoms with E-state index >= 15 is 0 Å². The third kappa shape index (κ3) is 7.54. The molecule has 0 aliphatic rings. The number of rotatable bonds is 11. The molecular formula is C32H32ClN3O4S. The van der Waals surface area contributed by atoms with E-state index in [-0.39, 0.29) is 29.5 Å². The number of hydrogen-bond acceptors (Lipinski definition) is 4. The summed E-state index contributed by atoms with van der Waals surface area (Å²) in [5.41, 5.74) is 2.81. The molecule has 9 heteroatoms. The van der Waals surface area contributed by atoms with Crippen molar-refractivity contribution in [1.29, 1.82) is 0 Å². The quantitative estimate of drug-likeness (QED) is 0.260. The highest BCUT2D eigenvalue weighted by molar-refractivity contribution is 7.92. The van der Waals surface area contributed by atoms with Crippen molar-refractivity contribution in [3.63, 3.8) is 0 Å². The first-order valence-corrected chi connectivity index (χ1v) is 14.9. The molecule has 0 spiro atoms. The van der Waals surface area contributed by atoms with Gasteiger partial charge in [0.05, 0.1) is 10.6 Å². The fourth-order valence-electron chi connectivity index (χ4n) is 4.50. The molecule has 0 bridgehead atoms. The zero-order chi connectivity index (χ0) is 29.4. The van der Waals surface area contributed by atoms with E-state index in [1.165, 1.54) is 30.1 Å². The molecule has 0 aliphatic heterocycles. The Bertz CT molecular complexity index is 1580. The maximum Gasteiger partial charge on any atom is 0.264 e. The molecule has 0 aromatic heterocycles. The molecule has 0 fully saturated rings. The average molecular weight is 590 g/mol.